The lowest BCUT2D eigenvalue weighted by atomic mass is 10.2. The lowest BCUT2D eigenvalue weighted by molar-refractivity contribution is 0.565. The number of halogens is 2. The lowest BCUT2D eigenvalue weighted by Gasteiger charge is -2.04. The first-order valence-electron chi connectivity index (χ1n) is 3.31. The van der Waals surface area contributed by atoms with Gasteiger partial charge in [0.05, 0.1) is 0 Å². The summed E-state index contributed by atoms with van der Waals surface area (Å²) in [7, 11) is -3.98. The Kier molecular flexibility index (Phi) is 2.74. The molecule has 0 aliphatic rings. The first-order valence-corrected chi connectivity index (χ1v) is 5.65. The van der Waals surface area contributed by atoms with Crippen molar-refractivity contribution in [2.75, 3.05) is 0 Å². The smallest absolute Gasteiger partial charge is 0.225 e. The molecule has 0 fully saturated rings. The van der Waals surface area contributed by atoms with Gasteiger partial charge >= 0.3 is 0 Å². The maximum Gasteiger partial charge on any atom is 0.241 e. The van der Waals surface area contributed by atoms with Gasteiger partial charge in [-0.2, -0.15) is 0 Å². The zero-order valence-electron chi connectivity index (χ0n) is 6.71. The molecule has 0 amide bonds. The van der Waals surface area contributed by atoms with Crippen molar-refractivity contribution in [1.29, 1.82) is 0 Å². The number of sulfonamides is 1. The van der Waals surface area contributed by atoms with Crippen molar-refractivity contribution >= 4 is 26.0 Å². The molecule has 72 valence electrons. The molecule has 6 heteroatoms. The average molecular weight is 268 g/mol. The van der Waals surface area contributed by atoms with Crippen molar-refractivity contribution < 1.29 is 12.8 Å². The highest BCUT2D eigenvalue weighted by Gasteiger charge is 2.17. The van der Waals surface area contributed by atoms with Gasteiger partial charge in [0.25, 0.3) is 0 Å². The van der Waals surface area contributed by atoms with Gasteiger partial charge in [0.1, 0.15) is 10.7 Å². The van der Waals surface area contributed by atoms with E-state index in [2.05, 4.69) is 15.9 Å². The third-order valence-corrected chi connectivity index (χ3v) is 3.02. The van der Waals surface area contributed by atoms with Gasteiger partial charge in [-0.1, -0.05) is 15.9 Å². The van der Waals surface area contributed by atoms with E-state index in [9.17, 15) is 12.8 Å². The summed E-state index contributed by atoms with van der Waals surface area (Å²) in [5.74, 6) is -0.839. The maximum atomic E-state index is 13.1. The summed E-state index contributed by atoms with van der Waals surface area (Å²) in [6.07, 6.45) is 0. The minimum atomic E-state index is -3.98. The molecule has 2 N–H and O–H groups in total. The fraction of sp³-hybridized carbons (Fsp3) is 0.143. The summed E-state index contributed by atoms with van der Waals surface area (Å²) in [5.41, 5.74) is 0.286. The number of hydrogen-bond donors (Lipinski definition) is 1. The van der Waals surface area contributed by atoms with Gasteiger partial charge in [0.2, 0.25) is 10.0 Å². The zero-order valence-corrected chi connectivity index (χ0v) is 9.12. The second kappa shape index (κ2) is 3.36. The third-order valence-electron chi connectivity index (χ3n) is 1.48. The Morgan fingerprint density at radius 1 is 1.46 bits per heavy atom. The quantitative estimate of drug-likeness (QED) is 0.839. The molecule has 0 unspecified atom stereocenters. The molecule has 0 aromatic heterocycles. The SMILES string of the molecule is Cc1cc(Br)cc(F)c1S(N)(=O)=O. The lowest BCUT2D eigenvalue weighted by Crippen LogP contribution is -2.15. The minimum Gasteiger partial charge on any atom is -0.225 e. The Balaban J connectivity index is 3.57. The predicted molar refractivity (Wildman–Crippen MR) is 50.2 cm³/mol. The van der Waals surface area contributed by atoms with Gasteiger partial charge in [0.15, 0.2) is 0 Å². The van der Waals surface area contributed by atoms with Gasteiger partial charge < -0.3 is 0 Å². The molecule has 13 heavy (non-hydrogen) atoms. The molecule has 1 rings (SSSR count). The number of rotatable bonds is 1. The third kappa shape index (κ3) is 2.26. The Morgan fingerprint density at radius 3 is 2.38 bits per heavy atom. The largest absolute Gasteiger partial charge is 0.241 e. The molecule has 0 saturated carbocycles. The van der Waals surface area contributed by atoms with Crippen molar-refractivity contribution in [3.63, 3.8) is 0 Å². The van der Waals surface area contributed by atoms with Crippen LogP contribution in [0.15, 0.2) is 21.5 Å². The van der Waals surface area contributed by atoms with E-state index in [1.165, 1.54) is 13.0 Å². The van der Waals surface area contributed by atoms with E-state index in [0.29, 0.717) is 4.47 Å². The summed E-state index contributed by atoms with van der Waals surface area (Å²) in [6.45, 7) is 1.48. The molecule has 1 aromatic carbocycles. The van der Waals surface area contributed by atoms with Gasteiger partial charge in [-0.3, -0.25) is 0 Å². The van der Waals surface area contributed by atoms with Crippen LogP contribution in [0.4, 0.5) is 4.39 Å². The number of nitrogens with two attached hydrogens (primary N) is 1. The van der Waals surface area contributed by atoms with E-state index in [0.717, 1.165) is 6.07 Å². The molecule has 3 nitrogen and oxygen atoms in total. The number of primary sulfonamides is 1. The number of aryl methyl sites for hydroxylation is 1. The molecule has 0 saturated heterocycles. The van der Waals surface area contributed by atoms with Crippen molar-refractivity contribution in [2.24, 2.45) is 5.14 Å². The van der Waals surface area contributed by atoms with E-state index < -0.39 is 20.7 Å². The summed E-state index contributed by atoms with van der Waals surface area (Å²) < 4.78 is 35.4. The second-order valence-electron chi connectivity index (χ2n) is 2.58. The maximum absolute atomic E-state index is 13.1. The van der Waals surface area contributed by atoms with Gasteiger partial charge in [0, 0.05) is 4.47 Å². The first kappa shape index (κ1) is 10.6. The summed E-state index contributed by atoms with van der Waals surface area (Å²) in [4.78, 5) is -0.448. The van der Waals surface area contributed by atoms with Crippen LogP contribution in [-0.2, 0) is 10.0 Å². The van der Waals surface area contributed by atoms with Crippen LogP contribution in [0.1, 0.15) is 5.56 Å². The summed E-state index contributed by atoms with van der Waals surface area (Å²) in [6, 6.07) is 2.55. The van der Waals surface area contributed by atoms with Crippen LogP contribution in [0, 0.1) is 12.7 Å². The molecular weight excluding hydrogens is 261 g/mol. The average Bonchev–Trinajstić information content (AvgIpc) is 1.78. The highest BCUT2D eigenvalue weighted by Crippen LogP contribution is 2.22. The van der Waals surface area contributed by atoms with Crippen molar-refractivity contribution in [3.05, 3.63) is 28.0 Å². The minimum absolute atomic E-state index is 0.286. The van der Waals surface area contributed by atoms with Crippen molar-refractivity contribution in [3.8, 4) is 0 Å². The number of benzene rings is 1. The first-order chi connectivity index (χ1) is 5.82. The van der Waals surface area contributed by atoms with E-state index >= 15 is 0 Å². The molecule has 0 bridgehead atoms. The predicted octanol–water partition coefficient (Wildman–Crippen LogP) is 1.54. The normalized spacial score (nSPS) is 11.7. The van der Waals surface area contributed by atoms with Crippen LogP contribution in [0.5, 0.6) is 0 Å². The van der Waals surface area contributed by atoms with E-state index in [1.54, 1.807) is 0 Å². The molecule has 1 aromatic rings. The molecular formula is C7H7BrFNO2S. The topological polar surface area (TPSA) is 60.2 Å². The zero-order chi connectivity index (χ0) is 10.2. The molecule has 0 radical (unpaired) electrons. The van der Waals surface area contributed by atoms with Gasteiger partial charge in [-0.25, -0.2) is 17.9 Å². The fourth-order valence-electron chi connectivity index (χ4n) is 1.05. The van der Waals surface area contributed by atoms with Gasteiger partial charge in [-0.05, 0) is 24.6 Å². The standard InChI is InChI=1S/C7H7BrFNO2S/c1-4-2-5(8)3-6(9)7(4)13(10,11)12/h2-3H,1H3,(H2,10,11,12). The Labute approximate surface area is 83.9 Å². The molecule has 0 spiro atoms. The van der Waals surface area contributed by atoms with Crippen LogP contribution in [-0.4, -0.2) is 8.42 Å². The van der Waals surface area contributed by atoms with Crippen LogP contribution in [0.3, 0.4) is 0 Å². The number of hydrogen-bond acceptors (Lipinski definition) is 2. The highest BCUT2D eigenvalue weighted by molar-refractivity contribution is 9.10. The highest BCUT2D eigenvalue weighted by atomic mass is 79.9. The second-order valence-corrected chi connectivity index (χ2v) is 4.99. The fourth-order valence-corrected chi connectivity index (χ4v) is 2.43. The van der Waals surface area contributed by atoms with Crippen LogP contribution >= 0.6 is 15.9 Å². The van der Waals surface area contributed by atoms with Crippen LogP contribution in [0.25, 0.3) is 0 Å². The summed E-state index contributed by atoms with van der Waals surface area (Å²) >= 11 is 3.04. The van der Waals surface area contributed by atoms with Crippen LogP contribution in [0.2, 0.25) is 0 Å². The van der Waals surface area contributed by atoms with E-state index in [4.69, 9.17) is 5.14 Å². The Morgan fingerprint density at radius 2 is 2.00 bits per heavy atom. The molecule has 0 heterocycles. The Hall–Kier alpha value is -0.460. The van der Waals surface area contributed by atoms with Gasteiger partial charge in [-0.15, -0.1) is 0 Å². The molecule has 0 aliphatic heterocycles. The molecule has 0 aliphatic carbocycles. The molecule has 0 atom stereocenters. The van der Waals surface area contributed by atoms with Crippen molar-refractivity contribution in [2.45, 2.75) is 11.8 Å². The van der Waals surface area contributed by atoms with Crippen molar-refractivity contribution in [1.82, 2.24) is 0 Å². The monoisotopic (exact) mass is 267 g/mol. The van der Waals surface area contributed by atoms with Crippen LogP contribution < -0.4 is 5.14 Å². The van der Waals surface area contributed by atoms with E-state index in [-0.39, 0.29) is 5.56 Å². The Bertz CT molecular complexity index is 421. The summed E-state index contributed by atoms with van der Waals surface area (Å²) in [5, 5.41) is 4.83. The van der Waals surface area contributed by atoms with E-state index in [1.807, 2.05) is 0 Å².